The molecule has 0 saturated carbocycles. The van der Waals surface area contributed by atoms with Gasteiger partial charge in [0, 0.05) is 30.6 Å². The molecule has 0 spiro atoms. The fourth-order valence-electron chi connectivity index (χ4n) is 2.56. The maximum Gasteiger partial charge on any atom is 0.240 e. The molecule has 1 fully saturated rings. The average Bonchev–Trinajstić information content (AvgIpc) is 3.21. The molecule has 1 amide bonds. The predicted molar refractivity (Wildman–Crippen MR) is 91.8 cm³/mol. The van der Waals surface area contributed by atoms with Crippen LogP contribution in [0.1, 0.15) is 23.3 Å². The van der Waals surface area contributed by atoms with E-state index in [1.807, 2.05) is 24.4 Å². The van der Waals surface area contributed by atoms with Gasteiger partial charge in [-0.15, -0.1) is 11.3 Å². The molecule has 0 radical (unpaired) electrons. The molecule has 5 nitrogen and oxygen atoms in total. The second-order valence-electron chi connectivity index (χ2n) is 5.61. The summed E-state index contributed by atoms with van der Waals surface area (Å²) in [5.74, 6) is -0.0661. The highest BCUT2D eigenvalue weighted by atomic mass is 32.1. The van der Waals surface area contributed by atoms with Gasteiger partial charge in [-0.05, 0) is 18.4 Å². The van der Waals surface area contributed by atoms with Crippen LogP contribution in [0.2, 0.25) is 0 Å². The van der Waals surface area contributed by atoms with Crippen LogP contribution in [0, 0.1) is 0 Å². The molecule has 0 bridgehead atoms. The van der Waals surface area contributed by atoms with Crippen molar-refractivity contribution in [1.29, 1.82) is 0 Å². The van der Waals surface area contributed by atoms with Crippen LogP contribution in [0.3, 0.4) is 0 Å². The van der Waals surface area contributed by atoms with Crippen molar-refractivity contribution in [2.24, 2.45) is 0 Å². The third kappa shape index (κ3) is 5.13. The Morgan fingerprint density at radius 1 is 1.35 bits per heavy atom. The quantitative estimate of drug-likeness (QED) is 0.818. The molecule has 2 N–H and O–H groups in total. The van der Waals surface area contributed by atoms with Gasteiger partial charge in [0.25, 0.3) is 0 Å². The molecular formula is C17H21N3O2S. The number of thiazole rings is 1. The lowest BCUT2D eigenvalue weighted by molar-refractivity contribution is -0.115. The molecule has 1 aromatic heterocycles. The van der Waals surface area contributed by atoms with Crippen molar-refractivity contribution in [3.63, 3.8) is 0 Å². The van der Waals surface area contributed by atoms with E-state index in [4.69, 9.17) is 4.74 Å². The zero-order valence-corrected chi connectivity index (χ0v) is 13.8. The van der Waals surface area contributed by atoms with E-state index in [-0.39, 0.29) is 18.6 Å². The fraction of sp³-hybridized carbons (Fsp3) is 0.412. The van der Waals surface area contributed by atoms with E-state index in [0.717, 1.165) is 37.3 Å². The number of hydrogen-bond donors (Lipinski definition) is 2. The van der Waals surface area contributed by atoms with Gasteiger partial charge in [0.15, 0.2) is 5.13 Å². The van der Waals surface area contributed by atoms with Gasteiger partial charge < -0.3 is 15.4 Å². The summed E-state index contributed by atoms with van der Waals surface area (Å²) in [7, 11) is 0. The number of nitrogens with one attached hydrogen (secondary N) is 2. The molecule has 1 unspecified atom stereocenters. The monoisotopic (exact) mass is 331 g/mol. The number of rotatable bonds is 7. The Balaban J connectivity index is 1.42. The predicted octanol–water partition coefficient (Wildman–Crippen LogP) is 2.44. The lowest BCUT2D eigenvalue weighted by Crippen LogP contribution is -2.33. The summed E-state index contributed by atoms with van der Waals surface area (Å²) < 4.78 is 5.51. The molecule has 3 rings (SSSR count). The summed E-state index contributed by atoms with van der Waals surface area (Å²) >= 11 is 1.52. The first-order valence-corrected chi connectivity index (χ1v) is 8.72. The van der Waals surface area contributed by atoms with Crippen molar-refractivity contribution in [2.75, 3.05) is 25.0 Å². The number of hydrogen-bond acceptors (Lipinski definition) is 5. The normalized spacial score (nSPS) is 17.3. The van der Waals surface area contributed by atoms with E-state index in [1.54, 1.807) is 0 Å². The Hall–Kier alpha value is -1.76. The molecule has 23 heavy (non-hydrogen) atoms. The number of aromatic nitrogens is 1. The van der Waals surface area contributed by atoms with Crippen molar-refractivity contribution >= 4 is 22.4 Å². The van der Waals surface area contributed by atoms with Crippen LogP contribution in [0.15, 0.2) is 36.5 Å². The third-order valence-electron chi connectivity index (χ3n) is 3.70. The van der Waals surface area contributed by atoms with E-state index in [0.29, 0.717) is 5.13 Å². The Labute approximate surface area is 140 Å². The summed E-state index contributed by atoms with van der Waals surface area (Å²) in [4.78, 5) is 17.3. The number of ether oxygens (including phenoxy) is 1. The van der Waals surface area contributed by atoms with Crippen LogP contribution >= 0.6 is 11.3 Å². The van der Waals surface area contributed by atoms with Crippen LogP contribution in [0.25, 0.3) is 0 Å². The zero-order chi connectivity index (χ0) is 15.9. The van der Waals surface area contributed by atoms with Gasteiger partial charge >= 0.3 is 0 Å². The largest absolute Gasteiger partial charge is 0.377 e. The second kappa shape index (κ2) is 8.19. The molecule has 1 saturated heterocycles. The van der Waals surface area contributed by atoms with Crippen molar-refractivity contribution in [1.82, 2.24) is 10.3 Å². The van der Waals surface area contributed by atoms with Crippen LogP contribution in [-0.2, 0) is 16.0 Å². The number of carbonyl (C=O) groups is 1. The van der Waals surface area contributed by atoms with E-state index in [1.165, 1.54) is 16.9 Å². The van der Waals surface area contributed by atoms with Gasteiger partial charge in [-0.3, -0.25) is 4.79 Å². The van der Waals surface area contributed by atoms with Crippen molar-refractivity contribution in [2.45, 2.75) is 25.4 Å². The first-order valence-electron chi connectivity index (χ1n) is 7.90. The van der Waals surface area contributed by atoms with Gasteiger partial charge in [0.1, 0.15) is 0 Å². The molecule has 122 valence electrons. The summed E-state index contributed by atoms with van der Waals surface area (Å²) in [6.45, 7) is 1.85. The van der Waals surface area contributed by atoms with Crippen molar-refractivity contribution in [3.8, 4) is 0 Å². The molecular weight excluding hydrogens is 310 g/mol. The molecule has 1 atom stereocenters. The zero-order valence-electron chi connectivity index (χ0n) is 13.0. The molecule has 2 aromatic rings. The van der Waals surface area contributed by atoms with Gasteiger partial charge in [0.2, 0.25) is 5.91 Å². The summed E-state index contributed by atoms with van der Waals surface area (Å²) in [6, 6.07) is 10.2. The summed E-state index contributed by atoms with van der Waals surface area (Å²) in [5.41, 5.74) is 1.24. The standard InChI is InChI=1S/C17H21N3O2S/c21-16(12-18-10-14-7-4-8-22-14)20-17-19-11-15(23-17)9-13-5-2-1-3-6-13/h1-3,5-6,11,14,18H,4,7-10,12H2,(H,19,20,21). The third-order valence-corrected chi connectivity index (χ3v) is 4.62. The topological polar surface area (TPSA) is 63.2 Å². The lowest BCUT2D eigenvalue weighted by Gasteiger charge is -2.09. The minimum absolute atomic E-state index is 0.0661. The highest BCUT2D eigenvalue weighted by Crippen LogP contribution is 2.21. The minimum atomic E-state index is -0.0661. The van der Waals surface area contributed by atoms with E-state index >= 15 is 0 Å². The van der Waals surface area contributed by atoms with Gasteiger partial charge in [-0.25, -0.2) is 4.98 Å². The molecule has 1 aliphatic rings. The second-order valence-corrected chi connectivity index (χ2v) is 6.72. The highest BCUT2D eigenvalue weighted by Gasteiger charge is 2.15. The SMILES string of the molecule is O=C(CNCC1CCCO1)Nc1ncc(Cc2ccccc2)s1. The Morgan fingerprint density at radius 2 is 2.22 bits per heavy atom. The van der Waals surface area contributed by atoms with Crippen LogP contribution in [-0.4, -0.2) is 36.7 Å². The first kappa shape index (κ1) is 16.1. The van der Waals surface area contributed by atoms with Crippen LogP contribution in [0.5, 0.6) is 0 Å². The number of benzene rings is 1. The fourth-order valence-corrected chi connectivity index (χ4v) is 3.42. The molecule has 6 heteroatoms. The molecule has 1 aromatic carbocycles. The first-order chi connectivity index (χ1) is 11.3. The summed E-state index contributed by atoms with van der Waals surface area (Å²) in [5, 5.41) is 6.63. The number of nitrogens with zero attached hydrogens (tertiary/aromatic N) is 1. The van der Waals surface area contributed by atoms with Gasteiger partial charge in [-0.2, -0.15) is 0 Å². The van der Waals surface area contributed by atoms with Gasteiger partial charge in [-0.1, -0.05) is 30.3 Å². The Morgan fingerprint density at radius 3 is 3.00 bits per heavy atom. The van der Waals surface area contributed by atoms with Crippen molar-refractivity contribution in [3.05, 3.63) is 47.0 Å². The smallest absolute Gasteiger partial charge is 0.240 e. The number of carbonyl (C=O) groups excluding carboxylic acids is 1. The van der Waals surface area contributed by atoms with Crippen LogP contribution < -0.4 is 10.6 Å². The average molecular weight is 331 g/mol. The van der Waals surface area contributed by atoms with E-state index in [2.05, 4.69) is 27.8 Å². The maximum absolute atomic E-state index is 11.9. The minimum Gasteiger partial charge on any atom is -0.377 e. The molecule has 0 aliphatic carbocycles. The summed E-state index contributed by atoms with van der Waals surface area (Å²) in [6.07, 6.45) is 5.10. The Kier molecular flexibility index (Phi) is 5.74. The van der Waals surface area contributed by atoms with Crippen LogP contribution in [0.4, 0.5) is 5.13 Å². The number of amides is 1. The Bertz CT molecular complexity index is 624. The van der Waals surface area contributed by atoms with E-state index in [9.17, 15) is 4.79 Å². The lowest BCUT2D eigenvalue weighted by atomic mass is 10.1. The van der Waals surface area contributed by atoms with E-state index < -0.39 is 0 Å². The molecule has 1 aliphatic heterocycles. The number of anilines is 1. The van der Waals surface area contributed by atoms with Gasteiger partial charge in [0.05, 0.1) is 12.6 Å². The molecule has 2 heterocycles. The van der Waals surface area contributed by atoms with Crippen molar-refractivity contribution < 1.29 is 9.53 Å². The highest BCUT2D eigenvalue weighted by molar-refractivity contribution is 7.15. The maximum atomic E-state index is 11.9.